The maximum Gasteiger partial charge on any atom is 0.237 e. The second-order valence-electron chi connectivity index (χ2n) is 7.08. The molecule has 1 amide bonds. The number of hydrogen-bond acceptors (Lipinski definition) is 5. The smallest absolute Gasteiger partial charge is 0.237 e. The van der Waals surface area contributed by atoms with Crippen molar-refractivity contribution in [3.8, 4) is 0 Å². The number of benzene rings is 1. The number of aromatic nitrogens is 3. The number of carbonyl (C=O) groups excluding carboxylic acids is 1. The van der Waals surface area contributed by atoms with Gasteiger partial charge in [0.15, 0.2) is 0 Å². The first-order chi connectivity index (χ1) is 14.0. The van der Waals surface area contributed by atoms with Gasteiger partial charge in [-0.3, -0.25) is 9.20 Å². The van der Waals surface area contributed by atoms with E-state index in [9.17, 15) is 4.79 Å². The highest BCUT2D eigenvalue weighted by molar-refractivity contribution is 8.00. The lowest BCUT2D eigenvalue weighted by Gasteiger charge is -2.17. The van der Waals surface area contributed by atoms with Crippen LogP contribution in [0, 0.1) is 13.8 Å². The number of nitrogens with one attached hydrogen (secondary N) is 1. The molecule has 0 spiro atoms. The zero-order valence-corrected chi connectivity index (χ0v) is 18.7. The van der Waals surface area contributed by atoms with E-state index in [4.69, 9.17) is 0 Å². The highest BCUT2D eigenvalue weighted by Gasteiger charge is 2.23. The molecule has 5 nitrogen and oxygen atoms in total. The second-order valence-corrected chi connectivity index (χ2v) is 9.22. The normalized spacial score (nSPS) is 12.6. The Labute approximate surface area is 178 Å². The first kappa shape index (κ1) is 19.9. The molecule has 3 heterocycles. The van der Waals surface area contributed by atoms with Crippen LogP contribution in [-0.2, 0) is 11.2 Å². The molecule has 0 aliphatic carbocycles. The van der Waals surface area contributed by atoms with E-state index in [1.165, 1.54) is 16.5 Å². The van der Waals surface area contributed by atoms with Crippen LogP contribution in [0.25, 0.3) is 15.7 Å². The Hall–Kier alpha value is -2.38. The molecule has 0 unspecified atom stereocenters. The van der Waals surface area contributed by atoms with Gasteiger partial charge < -0.3 is 5.32 Å². The van der Waals surface area contributed by atoms with Crippen LogP contribution in [0.15, 0.2) is 40.7 Å². The Kier molecular flexibility index (Phi) is 5.61. The molecule has 0 radical (unpaired) electrons. The third-order valence-electron chi connectivity index (χ3n) is 5.12. The predicted octanol–water partition coefficient (Wildman–Crippen LogP) is 5.63. The summed E-state index contributed by atoms with van der Waals surface area (Å²) in [5.41, 5.74) is 5.23. The SMILES string of the molecule is CCc1nnc(S[C@H](CC)C(=O)Nc2c(C)cccc2C)c2cc3sccc3n12. The number of para-hydroxylation sites is 1. The highest BCUT2D eigenvalue weighted by atomic mass is 32.2. The van der Waals surface area contributed by atoms with Crippen LogP contribution in [-0.4, -0.2) is 25.8 Å². The van der Waals surface area contributed by atoms with Gasteiger partial charge >= 0.3 is 0 Å². The minimum atomic E-state index is -0.243. The predicted molar refractivity (Wildman–Crippen MR) is 122 cm³/mol. The van der Waals surface area contributed by atoms with Gasteiger partial charge in [-0.2, -0.15) is 0 Å². The molecule has 1 aromatic carbocycles. The van der Waals surface area contributed by atoms with Gasteiger partial charge in [-0.15, -0.1) is 21.5 Å². The molecule has 0 saturated heterocycles. The maximum absolute atomic E-state index is 13.0. The van der Waals surface area contributed by atoms with E-state index in [0.29, 0.717) is 6.42 Å². The van der Waals surface area contributed by atoms with Gasteiger partial charge in [-0.05, 0) is 48.9 Å². The molecule has 3 aromatic heterocycles. The van der Waals surface area contributed by atoms with Gasteiger partial charge in [-0.1, -0.05) is 43.8 Å². The Bertz CT molecular complexity index is 1170. The quantitative estimate of drug-likeness (QED) is 0.407. The van der Waals surface area contributed by atoms with Crippen molar-refractivity contribution < 1.29 is 4.79 Å². The third-order valence-corrected chi connectivity index (χ3v) is 7.32. The molecule has 150 valence electrons. The summed E-state index contributed by atoms with van der Waals surface area (Å²) in [5, 5.41) is 14.7. The van der Waals surface area contributed by atoms with Crippen molar-refractivity contribution in [1.82, 2.24) is 14.6 Å². The van der Waals surface area contributed by atoms with E-state index in [1.54, 1.807) is 11.3 Å². The lowest BCUT2D eigenvalue weighted by Crippen LogP contribution is -2.25. The summed E-state index contributed by atoms with van der Waals surface area (Å²) in [6.07, 6.45) is 1.51. The standard InChI is InChI=1S/C22H24N4OS2/c1-5-17(21(27)23-20-13(3)8-7-9-14(20)4)29-22-16-12-18-15(10-11-28-18)26(16)19(6-2)24-25-22/h7-12,17H,5-6H2,1-4H3,(H,23,27)/t17-/m1/s1. The molecular formula is C22H24N4OS2. The number of hydrogen-bond donors (Lipinski definition) is 1. The summed E-state index contributed by atoms with van der Waals surface area (Å²) < 4.78 is 3.39. The van der Waals surface area contributed by atoms with Gasteiger partial charge in [0.25, 0.3) is 0 Å². The fraction of sp³-hybridized carbons (Fsp3) is 0.318. The zero-order chi connectivity index (χ0) is 20.5. The van der Waals surface area contributed by atoms with Crippen LogP contribution < -0.4 is 5.32 Å². The Morgan fingerprint density at radius 1 is 1.17 bits per heavy atom. The third kappa shape index (κ3) is 3.65. The maximum atomic E-state index is 13.0. The molecule has 0 bridgehead atoms. The summed E-state index contributed by atoms with van der Waals surface area (Å²) in [6.45, 7) is 8.15. The van der Waals surface area contributed by atoms with Crippen molar-refractivity contribution in [1.29, 1.82) is 0 Å². The first-order valence-corrected chi connectivity index (χ1v) is 11.6. The number of carbonyl (C=O) groups is 1. The number of anilines is 1. The van der Waals surface area contributed by atoms with E-state index in [1.807, 2.05) is 39.0 Å². The number of aryl methyl sites for hydroxylation is 3. The van der Waals surface area contributed by atoms with Crippen molar-refractivity contribution in [2.75, 3.05) is 5.32 Å². The van der Waals surface area contributed by atoms with Crippen LogP contribution in [0.5, 0.6) is 0 Å². The molecule has 1 N–H and O–H groups in total. The molecule has 4 aromatic rings. The molecule has 4 rings (SSSR count). The van der Waals surface area contributed by atoms with E-state index >= 15 is 0 Å². The topological polar surface area (TPSA) is 59.3 Å². The lowest BCUT2D eigenvalue weighted by atomic mass is 10.1. The lowest BCUT2D eigenvalue weighted by molar-refractivity contribution is -0.115. The molecule has 0 fully saturated rings. The number of thioether (sulfide) groups is 1. The molecule has 0 aliphatic heterocycles. The van der Waals surface area contributed by atoms with E-state index in [2.05, 4.69) is 44.4 Å². The first-order valence-electron chi connectivity index (χ1n) is 9.81. The second kappa shape index (κ2) is 8.16. The number of thiophene rings is 1. The number of nitrogens with zero attached hydrogens (tertiary/aromatic N) is 3. The largest absolute Gasteiger partial charge is 0.325 e. The average Bonchev–Trinajstić information content (AvgIpc) is 3.30. The number of fused-ring (bicyclic) bond motifs is 3. The van der Waals surface area contributed by atoms with Crippen LogP contribution >= 0.6 is 23.1 Å². The molecule has 0 saturated carbocycles. The molecule has 7 heteroatoms. The summed E-state index contributed by atoms with van der Waals surface area (Å²) in [6, 6.07) is 10.3. The van der Waals surface area contributed by atoms with Gasteiger partial charge in [0.2, 0.25) is 5.91 Å². The molecule has 1 atom stereocenters. The average molecular weight is 425 g/mol. The number of rotatable bonds is 6. The van der Waals surface area contributed by atoms with Crippen molar-refractivity contribution in [2.24, 2.45) is 0 Å². The monoisotopic (exact) mass is 424 g/mol. The van der Waals surface area contributed by atoms with E-state index < -0.39 is 0 Å². The van der Waals surface area contributed by atoms with Gasteiger partial charge in [0, 0.05) is 12.1 Å². The number of amides is 1. The van der Waals surface area contributed by atoms with Gasteiger partial charge in [0.05, 0.1) is 21.0 Å². The van der Waals surface area contributed by atoms with Gasteiger partial charge in [-0.25, -0.2) is 0 Å². The van der Waals surface area contributed by atoms with Crippen LogP contribution in [0.3, 0.4) is 0 Å². The summed E-state index contributed by atoms with van der Waals surface area (Å²) in [5.74, 6) is 0.938. The van der Waals surface area contributed by atoms with Crippen LogP contribution in [0.2, 0.25) is 0 Å². The van der Waals surface area contributed by atoms with Crippen molar-refractivity contribution in [3.63, 3.8) is 0 Å². The van der Waals surface area contributed by atoms with Crippen molar-refractivity contribution >= 4 is 50.4 Å². The fourth-order valence-electron chi connectivity index (χ4n) is 3.55. The minimum absolute atomic E-state index is 0.00258. The van der Waals surface area contributed by atoms with E-state index in [0.717, 1.165) is 45.1 Å². The molecular weight excluding hydrogens is 400 g/mol. The summed E-state index contributed by atoms with van der Waals surface area (Å²) >= 11 is 3.21. The van der Waals surface area contributed by atoms with Crippen LogP contribution in [0.4, 0.5) is 5.69 Å². The Morgan fingerprint density at radius 3 is 2.62 bits per heavy atom. The highest BCUT2D eigenvalue weighted by Crippen LogP contribution is 2.34. The molecule has 0 aliphatic rings. The van der Waals surface area contributed by atoms with Gasteiger partial charge in [0.1, 0.15) is 10.9 Å². The van der Waals surface area contributed by atoms with E-state index in [-0.39, 0.29) is 11.2 Å². The zero-order valence-electron chi connectivity index (χ0n) is 17.0. The minimum Gasteiger partial charge on any atom is -0.325 e. The Balaban J connectivity index is 1.66. The van der Waals surface area contributed by atoms with Crippen LogP contribution in [0.1, 0.15) is 37.2 Å². The fourth-order valence-corrected chi connectivity index (χ4v) is 5.31. The molecule has 29 heavy (non-hydrogen) atoms. The van der Waals surface area contributed by atoms with Crippen molar-refractivity contribution in [2.45, 2.75) is 50.8 Å². The Morgan fingerprint density at radius 2 is 1.93 bits per heavy atom. The summed E-state index contributed by atoms with van der Waals surface area (Å²) in [7, 11) is 0. The summed E-state index contributed by atoms with van der Waals surface area (Å²) in [4.78, 5) is 13.0. The van der Waals surface area contributed by atoms with Crippen molar-refractivity contribution in [3.05, 3.63) is 52.7 Å².